The maximum absolute atomic E-state index is 11.6. The average molecular weight is 272 g/mol. The highest BCUT2D eigenvalue weighted by molar-refractivity contribution is 5.78. The van der Waals surface area contributed by atoms with Gasteiger partial charge in [-0.3, -0.25) is 10.1 Å². The maximum atomic E-state index is 11.6. The van der Waals surface area contributed by atoms with Gasteiger partial charge in [-0.15, -0.1) is 0 Å². The molecule has 1 rings (SSSR count). The van der Waals surface area contributed by atoms with E-state index in [9.17, 15) is 9.90 Å². The van der Waals surface area contributed by atoms with Crippen LogP contribution < -0.4 is 5.32 Å². The van der Waals surface area contributed by atoms with Crippen LogP contribution in [0.1, 0.15) is 39.0 Å². The number of aliphatic carboxylic acids is 1. The summed E-state index contributed by atoms with van der Waals surface area (Å²) in [5, 5.41) is 12.8. The molecule has 5 heteroatoms. The van der Waals surface area contributed by atoms with E-state index < -0.39 is 11.5 Å². The van der Waals surface area contributed by atoms with E-state index in [1.807, 2.05) is 14.0 Å². The van der Waals surface area contributed by atoms with Gasteiger partial charge in [0.25, 0.3) is 0 Å². The topological polar surface area (TPSA) is 61.8 Å². The predicted molar refractivity (Wildman–Crippen MR) is 75.4 cm³/mol. The first-order valence-corrected chi connectivity index (χ1v) is 7.22. The number of carboxylic acid groups (broad SMARTS) is 1. The molecular formula is C14H28N2O3. The summed E-state index contributed by atoms with van der Waals surface area (Å²) < 4.78 is 5.03. The summed E-state index contributed by atoms with van der Waals surface area (Å²) >= 11 is 0. The zero-order valence-corrected chi connectivity index (χ0v) is 12.4. The van der Waals surface area contributed by atoms with Gasteiger partial charge in [0.15, 0.2) is 0 Å². The molecule has 0 saturated heterocycles. The summed E-state index contributed by atoms with van der Waals surface area (Å²) in [6, 6.07) is 0.419. The number of hydrogen-bond acceptors (Lipinski definition) is 4. The molecule has 1 fully saturated rings. The van der Waals surface area contributed by atoms with Crippen LogP contribution in [-0.4, -0.2) is 61.4 Å². The van der Waals surface area contributed by atoms with Gasteiger partial charge in [-0.2, -0.15) is 0 Å². The summed E-state index contributed by atoms with van der Waals surface area (Å²) in [5.41, 5.74) is -0.733. The molecule has 5 nitrogen and oxygen atoms in total. The highest BCUT2D eigenvalue weighted by atomic mass is 16.5. The number of methoxy groups -OCH3 is 1. The Kier molecular flexibility index (Phi) is 6.75. The van der Waals surface area contributed by atoms with Gasteiger partial charge in [-0.1, -0.05) is 6.92 Å². The number of carboxylic acids is 1. The summed E-state index contributed by atoms with van der Waals surface area (Å²) in [7, 11) is 3.74. The van der Waals surface area contributed by atoms with E-state index in [0.717, 1.165) is 32.4 Å². The van der Waals surface area contributed by atoms with E-state index in [2.05, 4.69) is 10.2 Å². The van der Waals surface area contributed by atoms with Crippen LogP contribution in [0.15, 0.2) is 0 Å². The number of rotatable bonds is 11. The molecule has 1 atom stereocenters. The van der Waals surface area contributed by atoms with Crippen molar-refractivity contribution in [2.24, 2.45) is 0 Å². The standard InChI is InChI=1S/C14H28N2O3/c1-4-14(13(17)18,15-12-6-7-12)8-5-9-16(2)10-11-19-3/h12,15H,4-11H2,1-3H3,(H,17,18). The van der Waals surface area contributed by atoms with E-state index >= 15 is 0 Å². The van der Waals surface area contributed by atoms with Crippen molar-refractivity contribution in [2.75, 3.05) is 33.9 Å². The molecule has 0 heterocycles. The normalized spacial score (nSPS) is 18.5. The molecule has 0 amide bonds. The molecule has 19 heavy (non-hydrogen) atoms. The van der Waals surface area contributed by atoms with Crippen LogP contribution in [0.25, 0.3) is 0 Å². The van der Waals surface area contributed by atoms with Gasteiger partial charge in [0.1, 0.15) is 5.54 Å². The number of hydrogen-bond donors (Lipinski definition) is 2. The molecule has 0 spiro atoms. The third kappa shape index (κ3) is 5.47. The Labute approximate surface area is 116 Å². The first-order chi connectivity index (χ1) is 9.04. The molecule has 0 aliphatic heterocycles. The molecule has 0 radical (unpaired) electrons. The molecule has 112 valence electrons. The van der Waals surface area contributed by atoms with E-state index in [1.165, 1.54) is 0 Å². The lowest BCUT2D eigenvalue weighted by Crippen LogP contribution is -2.53. The average Bonchev–Trinajstić information content (AvgIpc) is 3.18. The molecular weight excluding hydrogens is 244 g/mol. The fourth-order valence-corrected chi connectivity index (χ4v) is 2.30. The summed E-state index contributed by atoms with van der Waals surface area (Å²) in [5.74, 6) is -0.707. The van der Waals surface area contributed by atoms with Gasteiger partial charge in [0.2, 0.25) is 0 Å². The third-order valence-electron chi connectivity index (χ3n) is 3.89. The van der Waals surface area contributed by atoms with Gasteiger partial charge >= 0.3 is 5.97 Å². The van der Waals surface area contributed by atoms with Crippen molar-refractivity contribution in [3.63, 3.8) is 0 Å². The van der Waals surface area contributed by atoms with Crippen molar-refractivity contribution < 1.29 is 14.6 Å². The third-order valence-corrected chi connectivity index (χ3v) is 3.89. The van der Waals surface area contributed by atoms with Gasteiger partial charge in [-0.25, -0.2) is 0 Å². The number of nitrogens with one attached hydrogen (secondary N) is 1. The van der Waals surface area contributed by atoms with Crippen molar-refractivity contribution in [1.82, 2.24) is 10.2 Å². The van der Waals surface area contributed by atoms with Gasteiger partial charge < -0.3 is 14.7 Å². The zero-order chi connectivity index (χ0) is 14.3. The van der Waals surface area contributed by atoms with Crippen LogP contribution in [-0.2, 0) is 9.53 Å². The fourth-order valence-electron chi connectivity index (χ4n) is 2.30. The van der Waals surface area contributed by atoms with Gasteiger partial charge in [-0.05, 0) is 45.7 Å². The Morgan fingerprint density at radius 1 is 1.47 bits per heavy atom. The van der Waals surface area contributed by atoms with E-state index in [-0.39, 0.29) is 0 Å². The minimum absolute atomic E-state index is 0.419. The lowest BCUT2D eigenvalue weighted by Gasteiger charge is -2.30. The lowest BCUT2D eigenvalue weighted by atomic mass is 9.90. The first kappa shape index (κ1) is 16.4. The van der Waals surface area contributed by atoms with Crippen LogP contribution in [0, 0.1) is 0 Å². The van der Waals surface area contributed by atoms with Gasteiger partial charge in [0, 0.05) is 19.7 Å². The van der Waals surface area contributed by atoms with Crippen molar-refractivity contribution in [2.45, 2.75) is 50.6 Å². The van der Waals surface area contributed by atoms with E-state index in [4.69, 9.17) is 4.74 Å². The summed E-state index contributed by atoms with van der Waals surface area (Å²) in [6.45, 7) is 4.47. The zero-order valence-electron chi connectivity index (χ0n) is 12.4. The minimum atomic E-state index is -0.733. The van der Waals surface area contributed by atoms with Crippen LogP contribution in [0.5, 0.6) is 0 Å². The van der Waals surface area contributed by atoms with Crippen molar-refractivity contribution in [3.8, 4) is 0 Å². The van der Waals surface area contributed by atoms with Crippen LogP contribution >= 0.6 is 0 Å². The summed E-state index contributed by atoms with van der Waals surface area (Å²) in [6.07, 6.45) is 4.44. The van der Waals surface area contributed by atoms with Crippen molar-refractivity contribution in [3.05, 3.63) is 0 Å². The van der Waals surface area contributed by atoms with E-state index in [1.54, 1.807) is 7.11 Å². The quantitative estimate of drug-likeness (QED) is 0.594. The SMILES string of the molecule is CCC(CCCN(C)CCOC)(NC1CC1)C(=O)O. The monoisotopic (exact) mass is 272 g/mol. The molecule has 1 aliphatic rings. The number of ether oxygens (including phenoxy) is 1. The van der Waals surface area contributed by atoms with E-state index in [0.29, 0.717) is 25.5 Å². The summed E-state index contributed by atoms with van der Waals surface area (Å²) in [4.78, 5) is 13.8. The molecule has 0 aromatic heterocycles. The number of likely N-dealkylation sites (N-methyl/N-ethyl adjacent to an activating group) is 1. The predicted octanol–water partition coefficient (Wildman–Crippen LogP) is 1.33. The Hall–Kier alpha value is -0.650. The second-order valence-corrected chi connectivity index (χ2v) is 5.56. The molecule has 0 bridgehead atoms. The highest BCUT2D eigenvalue weighted by Gasteiger charge is 2.40. The Balaban J connectivity index is 2.37. The van der Waals surface area contributed by atoms with Gasteiger partial charge in [0.05, 0.1) is 6.61 Å². The molecule has 0 aromatic rings. The fraction of sp³-hybridized carbons (Fsp3) is 0.929. The maximum Gasteiger partial charge on any atom is 0.323 e. The van der Waals surface area contributed by atoms with Crippen LogP contribution in [0.4, 0.5) is 0 Å². The second kappa shape index (κ2) is 7.82. The van der Waals surface area contributed by atoms with Crippen LogP contribution in [0.3, 0.4) is 0 Å². The Bertz CT molecular complexity index is 282. The van der Waals surface area contributed by atoms with Crippen molar-refractivity contribution >= 4 is 5.97 Å². The molecule has 1 aliphatic carbocycles. The second-order valence-electron chi connectivity index (χ2n) is 5.56. The molecule has 1 unspecified atom stereocenters. The van der Waals surface area contributed by atoms with Crippen molar-refractivity contribution in [1.29, 1.82) is 0 Å². The smallest absolute Gasteiger partial charge is 0.323 e. The Morgan fingerprint density at radius 3 is 2.63 bits per heavy atom. The molecule has 0 aromatic carbocycles. The molecule has 1 saturated carbocycles. The number of carbonyl (C=O) groups is 1. The highest BCUT2D eigenvalue weighted by Crippen LogP contribution is 2.27. The Morgan fingerprint density at radius 2 is 2.16 bits per heavy atom. The first-order valence-electron chi connectivity index (χ1n) is 7.22. The minimum Gasteiger partial charge on any atom is -0.480 e. The number of nitrogens with zero attached hydrogens (tertiary/aromatic N) is 1. The lowest BCUT2D eigenvalue weighted by molar-refractivity contribution is -0.145. The van der Waals surface area contributed by atoms with Crippen LogP contribution in [0.2, 0.25) is 0 Å². The molecule has 2 N–H and O–H groups in total. The largest absolute Gasteiger partial charge is 0.480 e.